The summed E-state index contributed by atoms with van der Waals surface area (Å²) < 4.78 is 85.3. The van der Waals surface area contributed by atoms with Gasteiger partial charge in [-0.15, -0.1) is 5.10 Å². The SMILES string of the molecule is CCCCOC(=O)N1CC(CCCCOc2ccc(S(=O)(=O)NC(=O)c3ccc(-n4ccc(OCCC5(C(F)(F)F)CC5)n4)nc3Cl)cc2)CC1(C)C. The number of nitrogens with zero attached hydrogens (tertiary/aromatic N) is 4. The molecule has 2 fully saturated rings. The Morgan fingerprint density at radius 3 is 2.40 bits per heavy atom. The molecule has 1 aromatic carbocycles. The minimum absolute atomic E-state index is 0.0855. The van der Waals surface area contributed by atoms with E-state index in [1.54, 1.807) is 0 Å². The fourth-order valence-corrected chi connectivity index (χ4v) is 7.57. The number of hydrogen-bond donors (Lipinski definition) is 1. The van der Waals surface area contributed by atoms with E-state index < -0.39 is 27.5 Å². The first kappa shape index (κ1) is 40.1. The van der Waals surface area contributed by atoms with Gasteiger partial charge < -0.3 is 19.1 Å². The van der Waals surface area contributed by atoms with Gasteiger partial charge in [0.15, 0.2) is 5.82 Å². The van der Waals surface area contributed by atoms with Crippen molar-refractivity contribution < 1.29 is 45.4 Å². The molecule has 1 aliphatic heterocycles. The molecule has 1 saturated heterocycles. The number of nitrogens with one attached hydrogen (secondary N) is 1. The van der Waals surface area contributed by atoms with E-state index in [9.17, 15) is 31.2 Å². The van der Waals surface area contributed by atoms with E-state index >= 15 is 0 Å². The summed E-state index contributed by atoms with van der Waals surface area (Å²) in [6.45, 7) is 7.56. The number of ether oxygens (including phenoxy) is 3. The highest BCUT2D eigenvalue weighted by Gasteiger charge is 2.62. The van der Waals surface area contributed by atoms with Crippen LogP contribution in [0.1, 0.15) is 88.9 Å². The Hall–Kier alpha value is -4.05. The molecular weight excluding hydrogens is 739 g/mol. The van der Waals surface area contributed by atoms with Crippen LogP contribution in [0.3, 0.4) is 0 Å². The highest BCUT2D eigenvalue weighted by molar-refractivity contribution is 7.90. The van der Waals surface area contributed by atoms with Crippen molar-refractivity contribution in [2.45, 2.75) is 95.2 Å². The molecule has 53 heavy (non-hydrogen) atoms. The van der Waals surface area contributed by atoms with Crippen LogP contribution in [0, 0.1) is 11.3 Å². The van der Waals surface area contributed by atoms with Crippen LogP contribution in [0.5, 0.6) is 11.6 Å². The van der Waals surface area contributed by atoms with Crippen molar-refractivity contribution in [3.05, 3.63) is 59.4 Å². The Morgan fingerprint density at radius 1 is 1.00 bits per heavy atom. The predicted molar refractivity (Wildman–Crippen MR) is 190 cm³/mol. The second-order valence-corrected chi connectivity index (χ2v) is 16.2. The molecule has 12 nitrogen and oxygen atoms in total. The average Bonchev–Trinajstić information content (AvgIpc) is 3.64. The van der Waals surface area contributed by atoms with Gasteiger partial charge in [-0.05, 0) is 108 Å². The van der Waals surface area contributed by atoms with Gasteiger partial charge in [0.1, 0.15) is 10.9 Å². The topological polar surface area (TPSA) is 142 Å². The lowest BCUT2D eigenvalue weighted by Gasteiger charge is -2.30. The largest absolute Gasteiger partial charge is 0.494 e. The number of amides is 2. The molecule has 0 bridgehead atoms. The maximum absolute atomic E-state index is 13.1. The number of unbranched alkanes of at least 4 members (excludes halogenated alkanes) is 2. The summed E-state index contributed by atoms with van der Waals surface area (Å²) >= 11 is 6.24. The van der Waals surface area contributed by atoms with Crippen LogP contribution in [-0.2, 0) is 14.8 Å². The smallest absolute Gasteiger partial charge is 0.410 e. The molecule has 1 atom stereocenters. The Bertz CT molecular complexity index is 1850. The third-order valence-corrected chi connectivity index (χ3v) is 11.3. The van der Waals surface area contributed by atoms with Crippen LogP contribution < -0.4 is 14.2 Å². The molecule has 2 amide bonds. The number of carbonyl (C=O) groups excluding carboxylic acids is 2. The minimum atomic E-state index is -4.27. The molecule has 2 aliphatic rings. The van der Waals surface area contributed by atoms with E-state index in [-0.39, 0.29) is 64.8 Å². The standard InChI is InChI=1S/C36H45ClF3N5O7S/c1-4-5-20-52-33(47)44-24-25(23-34(44,2)3)8-6-7-21-50-26-9-11-27(12-10-26)53(48,49)43-32(46)28-13-14-29(41-31(28)37)45-19-15-30(42-45)51-22-18-35(16-17-35)36(38,39)40/h9-15,19,25H,4-8,16-18,20-24H2,1-3H3,(H,43,46). The summed E-state index contributed by atoms with van der Waals surface area (Å²) in [4.78, 5) is 31.2. The number of hydrogen-bond acceptors (Lipinski definition) is 9. The normalized spacial score (nSPS) is 17.7. The molecule has 1 unspecified atom stereocenters. The van der Waals surface area contributed by atoms with Gasteiger partial charge in [0.2, 0.25) is 5.88 Å². The Morgan fingerprint density at radius 2 is 1.74 bits per heavy atom. The molecule has 3 heterocycles. The third-order valence-electron chi connectivity index (χ3n) is 9.70. The Kier molecular flexibility index (Phi) is 12.5. The fraction of sp³-hybridized carbons (Fsp3) is 0.556. The number of aromatic nitrogens is 3. The maximum atomic E-state index is 13.1. The second kappa shape index (κ2) is 16.5. The van der Waals surface area contributed by atoms with Crippen molar-refractivity contribution in [3.63, 3.8) is 0 Å². The number of likely N-dealkylation sites (tertiary alicyclic amines) is 1. The number of pyridine rings is 1. The zero-order valence-corrected chi connectivity index (χ0v) is 31.5. The van der Waals surface area contributed by atoms with Crippen molar-refractivity contribution >= 4 is 33.6 Å². The van der Waals surface area contributed by atoms with Crippen LogP contribution in [-0.4, -0.2) is 78.2 Å². The Labute approximate surface area is 312 Å². The molecule has 0 radical (unpaired) electrons. The number of rotatable bonds is 17. The van der Waals surface area contributed by atoms with Gasteiger partial charge in [-0.25, -0.2) is 27.6 Å². The summed E-state index contributed by atoms with van der Waals surface area (Å²) in [5, 5.41) is 3.85. The van der Waals surface area contributed by atoms with Crippen molar-refractivity contribution in [3.8, 4) is 17.4 Å². The van der Waals surface area contributed by atoms with Crippen LogP contribution in [0.4, 0.5) is 18.0 Å². The van der Waals surface area contributed by atoms with E-state index in [1.165, 1.54) is 53.3 Å². The first-order valence-corrected chi connectivity index (χ1v) is 19.6. The fourth-order valence-electron chi connectivity index (χ4n) is 6.37. The van der Waals surface area contributed by atoms with Crippen LogP contribution in [0.2, 0.25) is 5.15 Å². The Balaban J connectivity index is 1.05. The lowest BCUT2D eigenvalue weighted by Crippen LogP contribution is -2.43. The first-order chi connectivity index (χ1) is 25.0. The van der Waals surface area contributed by atoms with Crippen molar-refractivity contribution in [2.24, 2.45) is 11.3 Å². The zero-order valence-electron chi connectivity index (χ0n) is 30.0. The maximum Gasteiger partial charge on any atom is 0.410 e. The monoisotopic (exact) mass is 783 g/mol. The van der Waals surface area contributed by atoms with Gasteiger partial charge in [0.25, 0.3) is 15.9 Å². The van der Waals surface area contributed by atoms with Crippen LogP contribution in [0.25, 0.3) is 5.82 Å². The van der Waals surface area contributed by atoms with Crippen molar-refractivity contribution in [2.75, 3.05) is 26.4 Å². The quantitative estimate of drug-likeness (QED) is 0.108. The first-order valence-electron chi connectivity index (χ1n) is 17.7. The summed E-state index contributed by atoms with van der Waals surface area (Å²) in [5.74, 6) is 0.106. The van der Waals surface area contributed by atoms with E-state index in [2.05, 4.69) is 30.9 Å². The highest BCUT2D eigenvalue weighted by Crippen LogP contribution is 2.59. The van der Waals surface area contributed by atoms with Crippen LogP contribution in [0.15, 0.2) is 53.6 Å². The van der Waals surface area contributed by atoms with Gasteiger partial charge >= 0.3 is 12.3 Å². The number of sulfonamides is 1. The molecule has 17 heteroatoms. The number of benzene rings is 1. The number of carbonyl (C=O) groups is 2. The van der Waals surface area contributed by atoms with Gasteiger partial charge in [-0.2, -0.15) is 13.2 Å². The van der Waals surface area contributed by atoms with Gasteiger partial charge in [0.05, 0.1) is 35.7 Å². The van der Waals surface area contributed by atoms with Gasteiger partial charge in [0, 0.05) is 24.3 Å². The van der Waals surface area contributed by atoms with Gasteiger partial charge in [-0.1, -0.05) is 24.9 Å². The van der Waals surface area contributed by atoms with E-state index in [0.717, 1.165) is 38.5 Å². The predicted octanol–water partition coefficient (Wildman–Crippen LogP) is 7.74. The number of alkyl halides is 3. The third kappa shape index (κ3) is 10.1. The summed E-state index contributed by atoms with van der Waals surface area (Å²) in [7, 11) is -4.27. The summed E-state index contributed by atoms with van der Waals surface area (Å²) in [6.07, 6.45) is 2.30. The van der Waals surface area contributed by atoms with E-state index in [1.807, 2.05) is 9.62 Å². The van der Waals surface area contributed by atoms with E-state index in [0.29, 0.717) is 31.4 Å². The average molecular weight is 784 g/mol. The van der Waals surface area contributed by atoms with Crippen molar-refractivity contribution in [1.82, 2.24) is 24.4 Å². The minimum Gasteiger partial charge on any atom is -0.494 e. The lowest BCUT2D eigenvalue weighted by atomic mass is 9.93. The summed E-state index contributed by atoms with van der Waals surface area (Å²) in [5.41, 5.74) is -2.14. The molecule has 1 N–H and O–H groups in total. The lowest BCUT2D eigenvalue weighted by molar-refractivity contribution is -0.190. The summed E-state index contributed by atoms with van der Waals surface area (Å²) in [6, 6.07) is 9.78. The molecule has 2 aromatic heterocycles. The molecule has 0 spiro atoms. The molecule has 1 saturated carbocycles. The van der Waals surface area contributed by atoms with Crippen molar-refractivity contribution in [1.29, 1.82) is 0 Å². The highest BCUT2D eigenvalue weighted by atomic mass is 35.5. The van der Waals surface area contributed by atoms with Crippen LogP contribution >= 0.6 is 11.6 Å². The number of halogens is 4. The van der Waals surface area contributed by atoms with Gasteiger partial charge in [-0.3, -0.25) is 4.79 Å². The molecular formula is C36H45ClF3N5O7S. The van der Waals surface area contributed by atoms with E-state index in [4.69, 9.17) is 25.8 Å². The molecule has 290 valence electrons. The zero-order chi connectivity index (χ0) is 38.4. The molecule has 3 aromatic rings. The second-order valence-electron chi connectivity index (χ2n) is 14.2. The molecule has 5 rings (SSSR count). The molecule has 1 aliphatic carbocycles.